The number of aromatic amines is 1. The van der Waals surface area contributed by atoms with Crippen LogP contribution in [0, 0.1) is 4.77 Å². The van der Waals surface area contributed by atoms with E-state index in [4.69, 9.17) is 12.2 Å². The second-order valence-corrected chi connectivity index (χ2v) is 10.6. The number of piperazine rings is 1. The molecule has 11 heteroatoms. The average Bonchev–Trinajstić information content (AvgIpc) is 3.09. The molecule has 1 N–H and O–H groups in total. The van der Waals surface area contributed by atoms with Gasteiger partial charge in [-0.05, 0) is 50.2 Å². The van der Waals surface area contributed by atoms with Gasteiger partial charge in [-0.15, -0.1) is 0 Å². The predicted molar refractivity (Wildman–Crippen MR) is 126 cm³/mol. The van der Waals surface area contributed by atoms with E-state index in [1.807, 2.05) is 6.92 Å². The second kappa shape index (κ2) is 9.42. The van der Waals surface area contributed by atoms with Gasteiger partial charge >= 0.3 is 0 Å². The monoisotopic (exact) mass is 479 g/mol. The van der Waals surface area contributed by atoms with Crippen LogP contribution >= 0.6 is 12.2 Å². The summed E-state index contributed by atoms with van der Waals surface area (Å²) >= 11 is 5.26. The van der Waals surface area contributed by atoms with Crippen LogP contribution in [-0.4, -0.2) is 76.7 Å². The molecule has 1 amide bonds. The zero-order valence-electron chi connectivity index (χ0n) is 18.2. The van der Waals surface area contributed by atoms with E-state index in [-0.39, 0.29) is 24.6 Å². The third-order valence-corrected chi connectivity index (χ3v) is 8.65. The topological polar surface area (TPSA) is 98.7 Å². The van der Waals surface area contributed by atoms with Crippen molar-refractivity contribution >= 4 is 39.2 Å². The zero-order valence-corrected chi connectivity index (χ0v) is 19.9. The van der Waals surface area contributed by atoms with Crippen LogP contribution in [0.25, 0.3) is 10.9 Å². The van der Waals surface area contributed by atoms with Crippen LogP contribution in [0.15, 0.2) is 23.0 Å². The highest BCUT2D eigenvalue weighted by molar-refractivity contribution is 7.86. The highest BCUT2D eigenvalue weighted by Gasteiger charge is 2.33. The number of aromatic nitrogens is 2. The van der Waals surface area contributed by atoms with Crippen LogP contribution in [0.5, 0.6) is 0 Å². The smallest absolute Gasteiger partial charge is 0.282 e. The first-order chi connectivity index (χ1) is 15.3. The van der Waals surface area contributed by atoms with Crippen molar-refractivity contribution in [2.45, 2.75) is 39.2 Å². The summed E-state index contributed by atoms with van der Waals surface area (Å²) in [7, 11) is -3.49. The van der Waals surface area contributed by atoms with Crippen molar-refractivity contribution in [3.05, 3.63) is 38.9 Å². The molecule has 32 heavy (non-hydrogen) atoms. The van der Waals surface area contributed by atoms with Crippen LogP contribution in [0.1, 0.15) is 43.0 Å². The van der Waals surface area contributed by atoms with Crippen LogP contribution in [0.2, 0.25) is 0 Å². The van der Waals surface area contributed by atoms with Gasteiger partial charge in [0.2, 0.25) is 0 Å². The Labute approximate surface area is 192 Å². The Hall–Kier alpha value is -2.08. The summed E-state index contributed by atoms with van der Waals surface area (Å²) in [5.74, 6) is -0.183. The highest BCUT2D eigenvalue weighted by atomic mass is 32.2. The van der Waals surface area contributed by atoms with E-state index in [2.05, 4.69) is 4.98 Å². The molecule has 174 valence electrons. The molecule has 1 aromatic carbocycles. The minimum absolute atomic E-state index is 0.183. The van der Waals surface area contributed by atoms with Gasteiger partial charge in [0.1, 0.15) is 0 Å². The van der Waals surface area contributed by atoms with Crippen molar-refractivity contribution in [3.63, 3.8) is 0 Å². The van der Waals surface area contributed by atoms with Gasteiger partial charge in [0, 0.05) is 51.4 Å². The molecule has 0 bridgehead atoms. The Morgan fingerprint density at radius 1 is 1.00 bits per heavy atom. The van der Waals surface area contributed by atoms with Crippen LogP contribution in [0.4, 0.5) is 0 Å². The van der Waals surface area contributed by atoms with Gasteiger partial charge in [-0.1, -0.05) is 12.8 Å². The molecule has 0 unspecified atom stereocenters. The summed E-state index contributed by atoms with van der Waals surface area (Å²) in [6, 6.07) is 4.93. The number of amides is 1. The van der Waals surface area contributed by atoms with Crippen molar-refractivity contribution in [3.8, 4) is 0 Å². The van der Waals surface area contributed by atoms with Crippen molar-refractivity contribution in [1.29, 1.82) is 0 Å². The van der Waals surface area contributed by atoms with Gasteiger partial charge < -0.3 is 9.88 Å². The number of rotatable bonds is 4. The fourth-order valence-corrected chi connectivity index (χ4v) is 6.41. The molecule has 3 heterocycles. The quantitative estimate of drug-likeness (QED) is 0.676. The number of hydrogen-bond donors (Lipinski definition) is 1. The summed E-state index contributed by atoms with van der Waals surface area (Å²) in [6.07, 6.45) is 3.92. The van der Waals surface area contributed by atoms with Gasteiger partial charge in [0.25, 0.3) is 21.7 Å². The van der Waals surface area contributed by atoms with E-state index in [9.17, 15) is 18.0 Å². The molecular formula is C21H29N5O4S2. The first-order valence-corrected chi connectivity index (χ1v) is 12.9. The maximum absolute atomic E-state index is 13.1. The van der Waals surface area contributed by atoms with Gasteiger partial charge in [-0.25, -0.2) is 0 Å². The fourth-order valence-electron chi connectivity index (χ4n) is 4.41. The van der Waals surface area contributed by atoms with E-state index in [0.717, 1.165) is 25.7 Å². The SMILES string of the molecule is CCn1c(=S)[nH]c2cc(C(=O)N3CCN(S(=O)(=O)N4CCCCCC4)CC3)ccc2c1=O. The molecule has 4 rings (SSSR count). The summed E-state index contributed by atoms with van der Waals surface area (Å²) in [4.78, 5) is 30.3. The summed E-state index contributed by atoms with van der Waals surface area (Å²) in [5.41, 5.74) is 0.788. The number of nitrogens with zero attached hydrogens (tertiary/aromatic N) is 4. The Morgan fingerprint density at radius 3 is 2.25 bits per heavy atom. The predicted octanol–water partition coefficient (Wildman–Crippen LogP) is 1.96. The van der Waals surface area contributed by atoms with Crippen LogP contribution in [0.3, 0.4) is 0 Å². The van der Waals surface area contributed by atoms with Crippen LogP contribution < -0.4 is 5.56 Å². The zero-order chi connectivity index (χ0) is 22.9. The lowest BCUT2D eigenvalue weighted by Gasteiger charge is -2.36. The Bertz CT molecular complexity index is 1220. The van der Waals surface area contributed by atoms with E-state index >= 15 is 0 Å². The van der Waals surface area contributed by atoms with Gasteiger partial charge in [-0.3, -0.25) is 14.2 Å². The largest absolute Gasteiger partial charge is 0.336 e. The van der Waals surface area contributed by atoms with E-state index in [1.165, 1.54) is 8.87 Å². The molecule has 0 aliphatic carbocycles. The molecule has 2 aromatic rings. The lowest BCUT2D eigenvalue weighted by Crippen LogP contribution is -2.54. The average molecular weight is 480 g/mol. The van der Waals surface area contributed by atoms with E-state index in [0.29, 0.717) is 54.0 Å². The first-order valence-electron chi connectivity index (χ1n) is 11.1. The summed E-state index contributed by atoms with van der Waals surface area (Å²) < 4.78 is 30.9. The lowest BCUT2D eigenvalue weighted by atomic mass is 10.1. The molecule has 2 saturated heterocycles. The molecular weight excluding hydrogens is 450 g/mol. The first kappa shape index (κ1) is 23.1. The van der Waals surface area contributed by atoms with Crippen molar-refractivity contribution in [1.82, 2.24) is 23.1 Å². The minimum Gasteiger partial charge on any atom is -0.336 e. The van der Waals surface area contributed by atoms with E-state index < -0.39 is 10.2 Å². The van der Waals surface area contributed by atoms with Gasteiger partial charge in [0.15, 0.2) is 4.77 Å². The molecule has 2 fully saturated rings. The van der Waals surface area contributed by atoms with Gasteiger partial charge in [0.05, 0.1) is 10.9 Å². The minimum atomic E-state index is -3.49. The second-order valence-electron chi connectivity index (χ2n) is 8.25. The number of benzene rings is 1. The normalized spacial score (nSPS) is 19.2. The van der Waals surface area contributed by atoms with Crippen molar-refractivity contribution in [2.24, 2.45) is 0 Å². The van der Waals surface area contributed by atoms with Crippen molar-refractivity contribution in [2.75, 3.05) is 39.3 Å². The highest BCUT2D eigenvalue weighted by Crippen LogP contribution is 2.19. The third kappa shape index (κ3) is 4.39. The number of H-pyrrole nitrogens is 1. The molecule has 2 aliphatic rings. The lowest BCUT2D eigenvalue weighted by molar-refractivity contribution is 0.0694. The standard InChI is InChI=1S/C21H29N5O4S2/c1-2-26-20(28)17-8-7-16(15-18(17)22-21(26)31)19(27)23-11-13-25(14-12-23)32(29,30)24-9-5-3-4-6-10-24/h7-8,15H,2-6,9-14H2,1H3,(H,22,31). The maximum atomic E-state index is 13.1. The fraction of sp³-hybridized carbons (Fsp3) is 0.571. The Balaban J connectivity index is 1.48. The molecule has 2 aliphatic heterocycles. The van der Waals surface area contributed by atoms with E-state index in [1.54, 1.807) is 27.4 Å². The molecule has 9 nitrogen and oxygen atoms in total. The Kier molecular flexibility index (Phi) is 6.80. The molecule has 1 aromatic heterocycles. The van der Waals surface area contributed by atoms with Crippen molar-refractivity contribution < 1.29 is 13.2 Å². The maximum Gasteiger partial charge on any atom is 0.282 e. The molecule has 0 spiro atoms. The summed E-state index contributed by atoms with van der Waals surface area (Å²) in [5, 5.41) is 0.477. The molecule has 0 radical (unpaired) electrons. The number of fused-ring (bicyclic) bond motifs is 1. The Morgan fingerprint density at radius 2 is 1.62 bits per heavy atom. The number of carbonyl (C=O) groups excluding carboxylic acids is 1. The molecule has 0 atom stereocenters. The van der Waals surface area contributed by atoms with Gasteiger partial charge in [-0.2, -0.15) is 17.0 Å². The van der Waals surface area contributed by atoms with Crippen LogP contribution in [-0.2, 0) is 16.8 Å². The number of hydrogen-bond acceptors (Lipinski definition) is 5. The third-order valence-electron chi connectivity index (χ3n) is 6.29. The summed E-state index contributed by atoms with van der Waals surface area (Å²) in [6.45, 7) is 4.68. The molecule has 0 saturated carbocycles. The number of nitrogens with one attached hydrogen (secondary N) is 1. The number of carbonyl (C=O) groups is 1.